The Morgan fingerprint density at radius 3 is 2.70 bits per heavy atom. The van der Waals surface area contributed by atoms with E-state index in [9.17, 15) is 9.90 Å². The van der Waals surface area contributed by atoms with Gasteiger partial charge >= 0.3 is 0 Å². The zero-order valence-electron chi connectivity index (χ0n) is 15.3. The number of pyridine rings is 1. The van der Waals surface area contributed by atoms with Crippen molar-refractivity contribution in [1.29, 1.82) is 0 Å². The molecule has 0 saturated carbocycles. The smallest absolute Gasteiger partial charge is 0.252 e. The number of amides is 1. The average molecular weight is 428 g/mol. The minimum atomic E-state index is -0.624. The molecule has 3 aromatic rings. The van der Waals surface area contributed by atoms with E-state index < -0.39 is 6.10 Å². The van der Waals surface area contributed by atoms with Crippen LogP contribution in [0.25, 0.3) is 22.2 Å². The average Bonchev–Trinajstić information content (AvgIpc) is 2.64. The number of benzene rings is 2. The van der Waals surface area contributed by atoms with Gasteiger partial charge in [0.1, 0.15) is 0 Å². The van der Waals surface area contributed by atoms with Crippen LogP contribution in [0.15, 0.2) is 59.1 Å². The number of aliphatic hydroxyl groups is 1. The molecule has 1 atom stereocenters. The lowest BCUT2D eigenvalue weighted by atomic mass is 10.0. The maximum atomic E-state index is 12.8. The predicted octanol–water partition coefficient (Wildman–Crippen LogP) is 3.32. The molecule has 140 valence electrons. The number of halogens is 1. The van der Waals surface area contributed by atoms with Gasteiger partial charge in [0.25, 0.3) is 5.91 Å². The van der Waals surface area contributed by atoms with Crippen LogP contribution in [0.4, 0.5) is 0 Å². The Bertz CT molecular complexity index is 959. The third kappa shape index (κ3) is 4.91. The standard InChI is InChI=1S/C21H22BrN3O2/c1-25(2)13-16(26)12-23-21(27)18-11-20(14-6-5-7-15(22)10-14)24-19-9-4-3-8-17(18)19/h3-11,16,26H,12-13H2,1-2H3,(H,23,27). The van der Waals surface area contributed by atoms with Gasteiger partial charge in [0.05, 0.1) is 22.9 Å². The molecule has 0 saturated heterocycles. The van der Waals surface area contributed by atoms with E-state index in [1.54, 1.807) is 6.07 Å². The Balaban J connectivity index is 1.95. The van der Waals surface area contributed by atoms with E-state index in [-0.39, 0.29) is 12.5 Å². The Morgan fingerprint density at radius 2 is 1.96 bits per heavy atom. The maximum absolute atomic E-state index is 12.8. The topological polar surface area (TPSA) is 65.5 Å². The third-order valence-electron chi connectivity index (χ3n) is 4.16. The van der Waals surface area contributed by atoms with Crippen LogP contribution in [0.2, 0.25) is 0 Å². The van der Waals surface area contributed by atoms with Crippen molar-refractivity contribution in [2.75, 3.05) is 27.2 Å². The number of aromatic nitrogens is 1. The van der Waals surface area contributed by atoms with Crippen molar-refractivity contribution >= 4 is 32.7 Å². The van der Waals surface area contributed by atoms with Gasteiger partial charge in [-0.3, -0.25) is 4.79 Å². The number of nitrogens with zero attached hydrogens (tertiary/aromatic N) is 2. The van der Waals surface area contributed by atoms with Crippen molar-refractivity contribution < 1.29 is 9.90 Å². The predicted molar refractivity (Wildman–Crippen MR) is 112 cm³/mol. The largest absolute Gasteiger partial charge is 0.390 e. The fourth-order valence-corrected chi connectivity index (χ4v) is 3.35. The first-order valence-electron chi connectivity index (χ1n) is 8.71. The van der Waals surface area contributed by atoms with Gasteiger partial charge in [0, 0.05) is 28.5 Å². The number of aliphatic hydroxyl groups excluding tert-OH is 1. The molecule has 2 N–H and O–H groups in total. The summed E-state index contributed by atoms with van der Waals surface area (Å²) in [6, 6.07) is 17.2. The van der Waals surface area contributed by atoms with Crippen molar-refractivity contribution in [3.05, 3.63) is 64.6 Å². The second-order valence-corrected chi connectivity index (χ2v) is 7.62. The van der Waals surface area contributed by atoms with Gasteiger partial charge in [0.2, 0.25) is 0 Å². The van der Waals surface area contributed by atoms with Crippen molar-refractivity contribution in [3.8, 4) is 11.3 Å². The van der Waals surface area contributed by atoms with E-state index in [0.717, 1.165) is 26.6 Å². The van der Waals surface area contributed by atoms with E-state index in [4.69, 9.17) is 4.98 Å². The van der Waals surface area contributed by atoms with E-state index >= 15 is 0 Å². The molecular formula is C21H22BrN3O2. The summed E-state index contributed by atoms with van der Waals surface area (Å²) in [7, 11) is 3.76. The Kier molecular flexibility index (Phi) is 6.21. The summed E-state index contributed by atoms with van der Waals surface area (Å²) in [6.45, 7) is 0.681. The van der Waals surface area contributed by atoms with Crippen molar-refractivity contribution in [3.63, 3.8) is 0 Å². The Morgan fingerprint density at radius 1 is 1.19 bits per heavy atom. The number of fused-ring (bicyclic) bond motifs is 1. The maximum Gasteiger partial charge on any atom is 0.252 e. The molecule has 27 heavy (non-hydrogen) atoms. The molecule has 1 amide bonds. The minimum absolute atomic E-state index is 0.194. The monoisotopic (exact) mass is 427 g/mol. The normalized spacial score (nSPS) is 12.3. The molecule has 0 bridgehead atoms. The van der Waals surface area contributed by atoms with Crippen LogP contribution in [0.1, 0.15) is 10.4 Å². The highest BCUT2D eigenvalue weighted by Crippen LogP contribution is 2.26. The second-order valence-electron chi connectivity index (χ2n) is 6.71. The summed E-state index contributed by atoms with van der Waals surface area (Å²) >= 11 is 3.48. The highest BCUT2D eigenvalue weighted by Gasteiger charge is 2.15. The number of nitrogens with one attached hydrogen (secondary N) is 1. The van der Waals surface area contributed by atoms with Crippen LogP contribution >= 0.6 is 15.9 Å². The van der Waals surface area contributed by atoms with E-state index in [1.165, 1.54) is 0 Å². The van der Waals surface area contributed by atoms with Crippen LogP contribution in [0, 0.1) is 0 Å². The van der Waals surface area contributed by atoms with Gasteiger partial charge in [0.15, 0.2) is 0 Å². The Hall–Kier alpha value is -2.28. The molecular weight excluding hydrogens is 406 g/mol. The summed E-state index contributed by atoms with van der Waals surface area (Å²) in [6.07, 6.45) is -0.624. The molecule has 1 aromatic heterocycles. The first-order chi connectivity index (χ1) is 12.9. The zero-order valence-corrected chi connectivity index (χ0v) is 16.9. The molecule has 2 aromatic carbocycles. The first kappa shape index (κ1) is 19.5. The van der Waals surface area contributed by atoms with Crippen LogP contribution in [-0.4, -0.2) is 54.2 Å². The van der Waals surface area contributed by atoms with Gasteiger partial charge < -0.3 is 15.3 Å². The quantitative estimate of drug-likeness (QED) is 0.633. The zero-order chi connectivity index (χ0) is 19.4. The lowest BCUT2D eigenvalue weighted by Crippen LogP contribution is -2.37. The van der Waals surface area contributed by atoms with Crippen LogP contribution in [0.3, 0.4) is 0 Å². The third-order valence-corrected chi connectivity index (χ3v) is 4.65. The molecule has 6 heteroatoms. The van der Waals surface area contributed by atoms with Crippen molar-refractivity contribution in [1.82, 2.24) is 15.2 Å². The lowest BCUT2D eigenvalue weighted by Gasteiger charge is -2.17. The molecule has 0 radical (unpaired) electrons. The number of hydrogen-bond donors (Lipinski definition) is 2. The summed E-state index contributed by atoms with van der Waals surface area (Å²) in [5, 5.41) is 13.6. The molecule has 0 aliphatic carbocycles. The number of carbonyl (C=O) groups is 1. The van der Waals surface area contributed by atoms with Crippen LogP contribution < -0.4 is 5.32 Å². The minimum Gasteiger partial charge on any atom is -0.390 e. The molecule has 1 heterocycles. The first-order valence-corrected chi connectivity index (χ1v) is 9.50. The fourth-order valence-electron chi connectivity index (χ4n) is 2.95. The van der Waals surface area contributed by atoms with Crippen LogP contribution in [-0.2, 0) is 0 Å². The number of hydrogen-bond acceptors (Lipinski definition) is 4. The number of likely N-dealkylation sites (N-methyl/N-ethyl adjacent to an activating group) is 1. The molecule has 1 unspecified atom stereocenters. The Labute approximate surface area is 167 Å². The number of para-hydroxylation sites is 1. The summed E-state index contributed by atoms with van der Waals surface area (Å²) in [5.41, 5.74) is 2.97. The molecule has 3 rings (SSSR count). The van der Waals surface area contributed by atoms with Crippen LogP contribution in [0.5, 0.6) is 0 Å². The molecule has 0 spiro atoms. The molecule has 0 fully saturated rings. The number of rotatable bonds is 6. The highest BCUT2D eigenvalue weighted by atomic mass is 79.9. The van der Waals surface area contributed by atoms with Crippen molar-refractivity contribution in [2.45, 2.75) is 6.10 Å². The molecule has 5 nitrogen and oxygen atoms in total. The van der Waals surface area contributed by atoms with Crippen molar-refractivity contribution in [2.24, 2.45) is 0 Å². The molecule has 0 aliphatic heterocycles. The number of carbonyl (C=O) groups excluding carboxylic acids is 1. The van der Waals surface area contributed by atoms with E-state index in [2.05, 4.69) is 21.2 Å². The summed E-state index contributed by atoms with van der Waals surface area (Å²) < 4.78 is 0.952. The van der Waals surface area contributed by atoms with Gasteiger partial charge in [-0.25, -0.2) is 4.98 Å². The summed E-state index contributed by atoms with van der Waals surface area (Å²) in [4.78, 5) is 19.4. The van der Waals surface area contributed by atoms with E-state index in [0.29, 0.717) is 12.1 Å². The molecule has 0 aliphatic rings. The van der Waals surface area contributed by atoms with Gasteiger partial charge in [-0.05, 0) is 38.4 Å². The second kappa shape index (κ2) is 8.61. The SMILES string of the molecule is CN(C)CC(O)CNC(=O)c1cc(-c2cccc(Br)c2)nc2ccccc12. The van der Waals surface area contributed by atoms with Gasteiger partial charge in [-0.1, -0.05) is 46.3 Å². The summed E-state index contributed by atoms with van der Waals surface area (Å²) in [5.74, 6) is -0.220. The highest BCUT2D eigenvalue weighted by molar-refractivity contribution is 9.10. The van der Waals surface area contributed by atoms with Gasteiger partial charge in [-0.2, -0.15) is 0 Å². The fraction of sp³-hybridized carbons (Fsp3) is 0.238. The van der Waals surface area contributed by atoms with Gasteiger partial charge in [-0.15, -0.1) is 0 Å². The van der Waals surface area contributed by atoms with E-state index in [1.807, 2.05) is 67.5 Å². The lowest BCUT2D eigenvalue weighted by molar-refractivity contribution is 0.0894.